The molecule has 0 bridgehead atoms. The minimum atomic E-state index is -0.124. The SMILES string of the molecule is CCCN1CCN(C(=O)C2COCCN2)CC1. The second-order valence-corrected chi connectivity index (χ2v) is 4.75. The van der Waals surface area contributed by atoms with Gasteiger partial charge in [-0.3, -0.25) is 9.69 Å². The largest absolute Gasteiger partial charge is 0.378 e. The Bertz CT molecular complexity index is 246. The van der Waals surface area contributed by atoms with E-state index in [-0.39, 0.29) is 11.9 Å². The van der Waals surface area contributed by atoms with Gasteiger partial charge in [-0.1, -0.05) is 6.92 Å². The zero-order chi connectivity index (χ0) is 12.1. The fourth-order valence-electron chi connectivity index (χ4n) is 2.45. The topological polar surface area (TPSA) is 44.8 Å². The molecule has 0 spiro atoms. The van der Waals surface area contributed by atoms with Crippen molar-refractivity contribution in [2.45, 2.75) is 19.4 Å². The maximum absolute atomic E-state index is 12.2. The van der Waals surface area contributed by atoms with Crippen LogP contribution >= 0.6 is 0 Å². The Morgan fingerprint density at radius 3 is 2.71 bits per heavy atom. The number of nitrogens with zero attached hydrogens (tertiary/aromatic N) is 2. The maximum atomic E-state index is 12.2. The fourth-order valence-corrected chi connectivity index (χ4v) is 2.45. The Balaban J connectivity index is 1.77. The summed E-state index contributed by atoms with van der Waals surface area (Å²) in [5.74, 6) is 0.209. The average molecular weight is 241 g/mol. The van der Waals surface area contributed by atoms with Crippen molar-refractivity contribution < 1.29 is 9.53 Å². The van der Waals surface area contributed by atoms with E-state index in [0.717, 1.165) is 39.3 Å². The lowest BCUT2D eigenvalue weighted by atomic mass is 10.2. The molecule has 2 rings (SSSR count). The predicted molar refractivity (Wildman–Crippen MR) is 65.9 cm³/mol. The van der Waals surface area contributed by atoms with Crippen LogP contribution in [0.2, 0.25) is 0 Å². The Morgan fingerprint density at radius 2 is 2.12 bits per heavy atom. The first kappa shape index (κ1) is 12.8. The highest BCUT2D eigenvalue weighted by molar-refractivity contribution is 5.82. The molecule has 5 nitrogen and oxygen atoms in total. The maximum Gasteiger partial charge on any atom is 0.242 e. The molecule has 1 amide bonds. The summed E-state index contributed by atoms with van der Waals surface area (Å²) in [6.45, 7) is 9.09. The highest BCUT2D eigenvalue weighted by Gasteiger charge is 2.28. The molecule has 0 saturated carbocycles. The molecule has 17 heavy (non-hydrogen) atoms. The Morgan fingerprint density at radius 1 is 1.35 bits per heavy atom. The van der Waals surface area contributed by atoms with Gasteiger partial charge in [-0.05, 0) is 13.0 Å². The molecule has 0 radical (unpaired) electrons. The summed E-state index contributed by atoms with van der Waals surface area (Å²) < 4.78 is 5.33. The van der Waals surface area contributed by atoms with Crippen molar-refractivity contribution in [1.82, 2.24) is 15.1 Å². The van der Waals surface area contributed by atoms with Gasteiger partial charge in [0.1, 0.15) is 6.04 Å². The molecule has 2 aliphatic heterocycles. The minimum absolute atomic E-state index is 0.124. The Kier molecular flexibility index (Phi) is 4.76. The summed E-state index contributed by atoms with van der Waals surface area (Å²) in [5.41, 5.74) is 0. The van der Waals surface area contributed by atoms with Crippen LogP contribution in [0.15, 0.2) is 0 Å². The summed E-state index contributed by atoms with van der Waals surface area (Å²) >= 11 is 0. The van der Waals surface area contributed by atoms with Crippen molar-refractivity contribution in [1.29, 1.82) is 0 Å². The monoisotopic (exact) mass is 241 g/mol. The molecular weight excluding hydrogens is 218 g/mol. The van der Waals surface area contributed by atoms with Gasteiger partial charge in [0.05, 0.1) is 13.2 Å². The van der Waals surface area contributed by atoms with Gasteiger partial charge in [-0.25, -0.2) is 0 Å². The molecule has 0 aromatic heterocycles. The van der Waals surface area contributed by atoms with E-state index < -0.39 is 0 Å². The molecule has 98 valence electrons. The lowest BCUT2D eigenvalue weighted by molar-refractivity contribution is -0.138. The third-order valence-electron chi connectivity index (χ3n) is 3.44. The van der Waals surface area contributed by atoms with Crippen molar-refractivity contribution in [3.05, 3.63) is 0 Å². The van der Waals surface area contributed by atoms with Crippen LogP contribution in [0.5, 0.6) is 0 Å². The van der Waals surface area contributed by atoms with Gasteiger partial charge >= 0.3 is 0 Å². The van der Waals surface area contributed by atoms with Gasteiger partial charge in [-0.15, -0.1) is 0 Å². The molecule has 1 N–H and O–H groups in total. The van der Waals surface area contributed by atoms with Gasteiger partial charge in [0.15, 0.2) is 0 Å². The number of piperazine rings is 1. The van der Waals surface area contributed by atoms with Crippen LogP contribution in [-0.2, 0) is 9.53 Å². The molecule has 2 fully saturated rings. The van der Waals surface area contributed by atoms with Gasteiger partial charge in [0, 0.05) is 32.7 Å². The summed E-state index contributed by atoms with van der Waals surface area (Å²) in [6, 6.07) is -0.124. The molecule has 0 aromatic rings. The number of nitrogens with one attached hydrogen (secondary N) is 1. The van der Waals surface area contributed by atoms with E-state index in [0.29, 0.717) is 13.2 Å². The van der Waals surface area contributed by atoms with E-state index in [1.165, 1.54) is 6.42 Å². The van der Waals surface area contributed by atoms with Crippen molar-refractivity contribution in [2.75, 3.05) is 52.5 Å². The Labute approximate surface area is 103 Å². The number of hydrogen-bond acceptors (Lipinski definition) is 4. The average Bonchev–Trinajstić information content (AvgIpc) is 2.40. The van der Waals surface area contributed by atoms with E-state index >= 15 is 0 Å². The molecule has 5 heteroatoms. The molecule has 1 atom stereocenters. The lowest BCUT2D eigenvalue weighted by Crippen LogP contribution is -2.57. The number of rotatable bonds is 3. The van der Waals surface area contributed by atoms with Crippen molar-refractivity contribution in [3.63, 3.8) is 0 Å². The van der Waals surface area contributed by atoms with Crippen LogP contribution in [0.4, 0.5) is 0 Å². The second kappa shape index (κ2) is 6.33. The van der Waals surface area contributed by atoms with E-state index in [9.17, 15) is 4.79 Å². The third-order valence-corrected chi connectivity index (χ3v) is 3.44. The molecule has 2 saturated heterocycles. The zero-order valence-corrected chi connectivity index (χ0v) is 10.7. The summed E-state index contributed by atoms with van der Waals surface area (Å²) in [6.07, 6.45) is 1.19. The molecule has 2 aliphatic rings. The van der Waals surface area contributed by atoms with Gasteiger partial charge in [0.25, 0.3) is 0 Å². The minimum Gasteiger partial charge on any atom is -0.378 e. The van der Waals surface area contributed by atoms with E-state index in [1.807, 2.05) is 4.90 Å². The number of ether oxygens (including phenoxy) is 1. The number of amides is 1. The number of hydrogen-bond donors (Lipinski definition) is 1. The van der Waals surface area contributed by atoms with Crippen molar-refractivity contribution in [2.24, 2.45) is 0 Å². The van der Waals surface area contributed by atoms with Crippen LogP contribution < -0.4 is 5.32 Å². The Hall–Kier alpha value is -0.650. The second-order valence-electron chi connectivity index (χ2n) is 4.75. The van der Waals surface area contributed by atoms with Gasteiger partial charge in [-0.2, -0.15) is 0 Å². The highest BCUT2D eigenvalue weighted by Crippen LogP contribution is 2.06. The van der Waals surface area contributed by atoms with Crippen molar-refractivity contribution in [3.8, 4) is 0 Å². The zero-order valence-electron chi connectivity index (χ0n) is 10.7. The number of morpholine rings is 1. The smallest absolute Gasteiger partial charge is 0.242 e. The normalized spacial score (nSPS) is 27.1. The summed E-state index contributed by atoms with van der Waals surface area (Å²) in [7, 11) is 0. The van der Waals surface area contributed by atoms with Gasteiger partial charge < -0.3 is 15.0 Å². The number of carbonyl (C=O) groups is 1. The standard InChI is InChI=1S/C12H23N3O2/c1-2-4-14-5-7-15(8-6-14)12(16)11-10-17-9-3-13-11/h11,13H,2-10H2,1H3. The predicted octanol–water partition coefficient (Wildman–Crippen LogP) is -0.471. The van der Waals surface area contributed by atoms with Gasteiger partial charge in [0.2, 0.25) is 5.91 Å². The van der Waals surface area contributed by atoms with Crippen LogP contribution in [0.1, 0.15) is 13.3 Å². The summed E-state index contributed by atoms with van der Waals surface area (Å²) in [5, 5.41) is 3.22. The van der Waals surface area contributed by atoms with Crippen LogP contribution in [0.25, 0.3) is 0 Å². The first-order valence-electron chi connectivity index (χ1n) is 6.63. The van der Waals surface area contributed by atoms with Crippen LogP contribution in [0, 0.1) is 0 Å². The number of carbonyl (C=O) groups excluding carboxylic acids is 1. The lowest BCUT2D eigenvalue weighted by Gasteiger charge is -2.37. The molecule has 0 aliphatic carbocycles. The molecule has 2 heterocycles. The highest BCUT2D eigenvalue weighted by atomic mass is 16.5. The van der Waals surface area contributed by atoms with Crippen molar-refractivity contribution >= 4 is 5.91 Å². The third kappa shape index (κ3) is 3.40. The van der Waals surface area contributed by atoms with Crippen LogP contribution in [0.3, 0.4) is 0 Å². The van der Waals surface area contributed by atoms with E-state index in [1.54, 1.807) is 0 Å². The molecular formula is C12H23N3O2. The first-order valence-corrected chi connectivity index (χ1v) is 6.63. The molecule has 0 aromatic carbocycles. The quantitative estimate of drug-likeness (QED) is 0.725. The first-order chi connectivity index (χ1) is 8.31. The van der Waals surface area contributed by atoms with E-state index in [2.05, 4.69) is 17.1 Å². The molecule has 1 unspecified atom stereocenters. The van der Waals surface area contributed by atoms with E-state index in [4.69, 9.17) is 4.74 Å². The fraction of sp³-hybridized carbons (Fsp3) is 0.917. The summed E-state index contributed by atoms with van der Waals surface area (Å²) in [4.78, 5) is 16.6. The van der Waals surface area contributed by atoms with Crippen LogP contribution in [-0.4, -0.2) is 74.2 Å².